The van der Waals surface area contributed by atoms with Crippen LogP contribution in [0.1, 0.15) is 0 Å². The summed E-state index contributed by atoms with van der Waals surface area (Å²) in [4.78, 5) is 36.7. The Morgan fingerprint density at radius 3 is 2.91 bits per heavy atom. The van der Waals surface area contributed by atoms with E-state index < -0.39 is 11.0 Å². The van der Waals surface area contributed by atoms with Crippen molar-refractivity contribution < 1.29 is 9.72 Å². The highest BCUT2D eigenvalue weighted by Gasteiger charge is 2.11. The van der Waals surface area contributed by atoms with Gasteiger partial charge in [-0.05, 0) is 6.07 Å². The van der Waals surface area contributed by atoms with Crippen LogP contribution in [0, 0.1) is 10.1 Å². The molecule has 3 rings (SSSR count). The molecule has 2 heterocycles. The van der Waals surface area contributed by atoms with Crippen LogP contribution < -0.4 is 10.6 Å². The molecule has 0 saturated carbocycles. The second-order valence-electron chi connectivity index (χ2n) is 4.21. The largest absolute Gasteiger partial charge is 0.340 e. The van der Waals surface area contributed by atoms with Gasteiger partial charge in [-0.25, -0.2) is 19.7 Å². The van der Waals surface area contributed by atoms with E-state index in [1.165, 1.54) is 30.9 Å². The fourth-order valence-electron chi connectivity index (χ4n) is 1.83. The number of nitrogens with zero attached hydrogens (tertiary/aromatic N) is 4. The summed E-state index contributed by atoms with van der Waals surface area (Å²) in [5.74, 6) is 0.255. The molecule has 0 radical (unpaired) electrons. The molecular weight excluding hydrogens is 290 g/mol. The summed E-state index contributed by atoms with van der Waals surface area (Å²) in [6.07, 6.45) is 2.70. The number of aromatic nitrogens is 4. The third kappa shape index (κ3) is 2.65. The van der Waals surface area contributed by atoms with Crippen molar-refractivity contribution >= 4 is 34.4 Å². The molecule has 3 aromatic rings. The van der Waals surface area contributed by atoms with Gasteiger partial charge in [0.2, 0.25) is 0 Å². The number of non-ortho nitro benzene ring substituents is 1. The molecule has 110 valence electrons. The summed E-state index contributed by atoms with van der Waals surface area (Å²) in [6.45, 7) is 0. The van der Waals surface area contributed by atoms with Gasteiger partial charge in [-0.15, -0.1) is 0 Å². The first-order chi connectivity index (χ1) is 10.6. The third-order valence-corrected chi connectivity index (χ3v) is 2.77. The smallest absolute Gasteiger partial charge is 0.324 e. The van der Waals surface area contributed by atoms with Crippen LogP contribution in [0.2, 0.25) is 0 Å². The van der Waals surface area contributed by atoms with Crippen LogP contribution >= 0.6 is 0 Å². The second kappa shape index (κ2) is 5.44. The molecule has 0 spiro atoms. The first kappa shape index (κ1) is 13.4. The SMILES string of the molecule is O=C(Nc1cccc([N+](=O)[O-])c1)Nc1ncnc2nc[nH]c12. The highest BCUT2D eigenvalue weighted by Crippen LogP contribution is 2.18. The van der Waals surface area contributed by atoms with E-state index in [9.17, 15) is 14.9 Å². The summed E-state index contributed by atoms with van der Waals surface area (Å²) < 4.78 is 0. The molecule has 0 aliphatic rings. The van der Waals surface area contributed by atoms with Gasteiger partial charge >= 0.3 is 6.03 Å². The Labute approximate surface area is 122 Å². The molecule has 0 fully saturated rings. The van der Waals surface area contributed by atoms with Crippen LogP contribution in [0.3, 0.4) is 0 Å². The fraction of sp³-hybridized carbons (Fsp3) is 0. The number of nitro benzene ring substituents is 1. The Kier molecular flexibility index (Phi) is 3.32. The van der Waals surface area contributed by atoms with Gasteiger partial charge in [-0.1, -0.05) is 6.07 Å². The van der Waals surface area contributed by atoms with E-state index in [2.05, 4.69) is 30.6 Å². The normalized spacial score (nSPS) is 10.4. The van der Waals surface area contributed by atoms with Gasteiger partial charge in [0.25, 0.3) is 5.69 Å². The number of anilines is 2. The van der Waals surface area contributed by atoms with Gasteiger partial charge in [0.1, 0.15) is 11.8 Å². The molecule has 1 aromatic carbocycles. The van der Waals surface area contributed by atoms with Gasteiger partial charge in [0.05, 0.1) is 11.3 Å². The minimum absolute atomic E-state index is 0.115. The number of nitrogens with one attached hydrogen (secondary N) is 3. The van der Waals surface area contributed by atoms with Crippen molar-refractivity contribution in [1.82, 2.24) is 19.9 Å². The van der Waals surface area contributed by atoms with E-state index in [0.29, 0.717) is 16.9 Å². The number of benzene rings is 1. The molecule has 2 aromatic heterocycles. The zero-order chi connectivity index (χ0) is 15.5. The number of carbonyl (C=O) groups excluding carboxylic acids is 1. The van der Waals surface area contributed by atoms with E-state index in [1.807, 2.05) is 0 Å². The average Bonchev–Trinajstić information content (AvgIpc) is 2.97. The predicted octanol–water partition coefficient (Wildman–Crippen LogP) is 1.91. The van der Waals surface area contributed by atoms with Gasteiger partial charge in [0, 0.05) is 17.8 Å². The molecule has 0 aliphatic heterocycles. The van der Waals surface area contributed by atoms with Crippen LogP contribution in [0.25, 0.3) is 11.2 Å². The number of urea groups is 1. The van der Waals surface area contributed by atoms with Crippen molar-refractivity contribution in [3.63, 3.8) is 0 Å². The number of aromatic amines is 1. The summed E-state index contributed by atoms with van der Waals surface area (Å²) in [7, 11) is 0. The number of imidazole rings is 1. The molecule has 0 bridgehead atoms. The molecular formula is C12H9N7O3. The Balaban J connectivity index is 1.76. The monoisotopic (exact) mass is 299 g/mol. The lowest BCUT2D eigenvalue weighted by Gasteiger charge is -2.07. The number of carbonyl (C=O) groups is 1. The number of hydrogen-bond acceptors (Lipinski definition) is 6. The zero-order valence-electron chi connectivity index (χ0n) is 11.0. The second-order valence-corrected chi connectivity index (χ2v) is 4.21. The molecule has 3 N–H and O–H groups in total. The third-order valence-electron chi connectivity index (χ3n) is 2.77. The maximum atomic E-state index is 11.9. The van der Waals surface area contributed by atoms with Crippen molar-refractivity contribution in [3.8, 4) is 0 Å². The number of nitro groups is 1. The van der Waals surface area contributed by atoms with Crippen LogP contribution in [0.4, 0.5) is 22.0 Å². The Bertz CT molecular complexity index is 861. The number of amides is 2. The predicted molar refractivity (Wildman–Crippen MR) is 77.4 cm³/mol. The molecule has 0 aliphatic carbocycles. The van der Waals surface area contributed by atoms with Crippen molar-refractivity contribution in [2.45, 2.75) is 0 Å². The average molecular weight is 299 g/mol. The molecule has 0 atom stereocenters. The Morgan fingerprint density at radius 2 is 2.09 bits per heavy atom. The van der Waals surface area contributed by atoms with E-state index >= 15 is 0 Å². The van der Waals surface area contributed by atoms with Crippen molar-refractivity contribution in [2.75, 3.05) is 10.6 Å². The Hall–Kier alpha value is -3.56. The van der Waals surface area contributed by atoms with Crippen molar-refractivity contribution in [3.05, 3.63) is 47.0 Å². The quantitative estimate of drug-likeness (QED) is 0.498. The van der Waals surface area contributed by atoms with Gasteiger partial charge in [-0.2, -0.15) is 0 Å². The van der Waals surface area contributed by atoms with Gasteiger partial charge in [0.15, 0.2) is 11.5 Å². The lowest BCUT2D eigenvalue weighted by atomic mass is 10.3. The van der Waals surface area contributed by atoms with Crippen molar-refractivity contribution in [2.24, 2.45) is 0 Å². The number of fused-ring (bicyclic) bond motifs is 1. The molecule has 0 saturated heterocycles. The summed E-state index contributed by atoms with van der Waals surface area (Å²) in [5, 5.41) is 15.7. The van der Waals surface area contributed by atoms with E-state index in [0.717, 1.165) is 0 Å². The fourth-order valence-corrected chi connectivity index (χ4v) is 1.83. The van der Waals surface area contributed by atoms with Crippen LogP contribution in [-0.2, 0) is 0 Å². The standard InChI is InChI=1S/C12H9N7O3/c20-12(17-7-2-1-3-8(4-7)19(21)22)18-11-9-10(14-5-13-9)15-6-16-11/h1-6H,(H3,13,14,15,16,17,18,20). The number of hydrogen-bond donors (Lipinski definition) is 3. The van der Waals surface area contributed by atoms with E-state index in [-0.39, 0.29) is 11.5 Å². The topological polar surface area (TPSA) is 139 Å². The van der Waals surface area contributed by atoms with Gasteiger partial charge < -0.3 is 10.3 Å². The zero-order valence-corrected chi connectivity index (χ0v) is 11.0. The van der Waals surface area contributed by atoms with Crippen molar-refractivity contribution in [1.29, 1.82) is 0 Å². The number of H-pyrrole nitrogens is 1. The lowest BCUT2D eigenvalue weighted by Crippen LogP contribution is -2.20. The maximum Gasteiger partial charge on any atom is 0.324 e. The first-order valence-electron chi connectivity index (χ1n) is 6.10. The molecule has 0 unspecified atom stereocenters. The molecule has 10 heteroatoms. The molecule has 22 heavy (non-hydrogen) atoms. The highest BCUT2D eigenvalue weighted by molar-refractivity contribution is 6.02. The van der Waals surface area contributed by atoms with Crippen LogP contribution in [0.5, 0.6) is 0 Å². The summed E-state index contributed by atoms with van der Waals surface area (Å²) >= 11 is 0. The summed E-state index contributed by atoms with van der Waals surface area (Å²) in [5.41, 5.74) is 1.08. The Morgan fingerprint density at radius 1 is 1.23 bits per heavy atom. The van der Waals surface area contributed by atoms with E-state index in [4.69, 9.17) is 0 Å². The van der Waals surface area contributed by atoms with Gasteiger partial charge in [-0.3, -0.25) is 15.4 Å². The molecule has 10 nitrogen and oxygen atoms in total. The first-order valence-corrected chi connectivity index (χ1v) is 6.10. The number of rotatable bonds is 3. The van der Waals surface area contributed by atoms with Crippen LogP contribution in [0.15, 0.2) is 36.9 Å². The highest BCUT2D eigenvalue weighted by atomic mass is 16.6. The van der Waals surface area contributed by atoms with Crippen LogP contribution in [-0.4, -0.2) is 30.9 Å². The molecule has 2 amide bonds. The summed E-state index contributed by atoms with van der Waals surface area (Å²) in [6, 6.07) is 5.02. The lowest BCUT2D eigenvalue weighted by molar-refractivity contribution is -0.384. The minimum Gasteiger partial charge on any atom is -0.340 e. The maximum absolute atomic E-state index is 11.9. The van der Waals surface area contributed by atoms with E-state index in [1.54, 1.807) is 6.07 Å². The minimum atomic E-state index is -0.588.